The van der Waals surface area contributed by atoms with Gasteiger partial charge in [-0.15, -0.1) is 0 Å². The van der Waals surface area contributed by atoms with Gasteiger partial charge in [0, 0.05) is 6.61 Å². The lowest BCUT2D eigenvalue weighted by molar-refractivity contribution is 0.109. The van der Waals surface area contributed by atoms with Gasteiger partial charge in [-0.3, -0.25) is 9.78 Å². The highest BCUT2D eigenvalue weighted by Gasteiger charge is 2.36. The lowest BCUT2D eigenvalue weighted by Gasteiger charge is -2.41. The van der Waals surface area contributed by atoms with Crippen LogP contribution in [0.3, 0.4) is 0 Å². The summed E-state index contributed by atoms with van der Waals surface area (Å²) in [6.45, 7) is 7.46. The van der Waals surface area contributed by atoms with E-state index in [4.69, 9.17) is 10.5 Å². The van der Waals surface area contributed by atoms with Crippen LogP contribution < -0.4 is 21.9 Å². The molecule has 0 aromatic carbocycles. The normalized spacial score (nSPS) is 19.9. The summed E-state index contributed by atoms with van der Waals surface area (Å²) in [4.78, 5) is 18.5. The lowest BCUT2D eigenvalue weighted by Crippen LogP contribution is -2.55. The third-order valence-electron chi connectivity index (χ3n) is 3.49. The van der Waals surface area contributed by atoms with Crippen molar-refractivity contribution in [3.8, 4) is 0 Å². The Labute approximate surface area is 118 Å². The van der Waals surface area contributed by atoms with Crippen molar-refractivity contribution in [2.45, 2.75) is 45.2 Å². The zero-order valence-electron chi connectivity index (χ0n) is 12.2. The van der Waals surface area contributed by atoms with E-state index >= 15 is 0 Å². The number of hydrogen-bond donors (Lipinski definition) is 4. The standard InChI is InChI=1S/C13H23N5O2/c1-4-5-6-20-7-8-13(2,3)18-10-9(15-8)11(19)17-12(14)16-10/h8,15H,4-7H2,1-3H3,(H4,14,16,17,18,19). The van der Waals surface area contributed by atoms with Crippen LogP contribution >= 0.6 is 0 Å². The summed E-state index contributed by atoms with van der Waals surface area (Å²) in [7, 11) is 0. The summed E-state index contributed by atoms with van der Waals surface area (Å²) in [5.74, 6) is 0.595. The van der Waals surface area contributed by atoms with Gasteiger partial charge in [-0.1, -0.05) is 13.3 Å². The monoisotopic (exact) mass is 281 g/mol. The maximum Gasteiger partial charge on any atom is 0.277 e. The lowest BCUT2D eigenvalue weighted by atomic mass is 9.92. The summed E-state index contributed by atoms with van der Waals surface area (Å²) in [6.07, 6.45) is 2.14. The fourth-order valence-electron chi connectivity index (χ4n) is 2.16. The molecule has 0 saturated heterocycles. The third-order valence-corrected chi connectivity index (χ3v) is 3.49. The minimum atomic E-state index is -0.285. The number of rotatable bonds is 5. The third kappa shape index (κ3) is 3.04. The minimum Gasteiger partial charge on any atom is -0.379 e. The largest absolute Gasteiger partial charge is 0.379 e. The van der Waals surface area contributed by atoms with Gasteiger partial charge < -0.3 is 21.1 Å². The first-order chi connectivity index (χ1) is 9.44. The molecule has 112 valence electrons. The molecule has 0 amide bonds. The van der Waals surface area contributed by atoms with Gasteiger partial charge in [-0.2, -0.15) is 4.98 Å². The predicted molar refractivity (Wildman–Crippen MR) is 80.1 cm³/mol. The summed E-state index contributed by atoms with van der Waals surface area (Å²) < 4.78 is 5.67. The van der Waals surface area contributed by atoms with E-state index in [0.717, 1.165) is 19.4 Å². The highest BCUT2D eigenvalue weighted by Crippen LogP contribution is 2.29. The Morgan fingerprint density at radius 1 is 1.45 bits per heavy atom. The van der Waals surface area contributed by atoms with Crippen LogP contribution in [0, 0.1) is 0 Å². The van der Waals surface area contributed by atoms with Crippen LogP contribution in [0.25, 0.3) is 0 Å². The van der Waals surface area contributed by atoms with Crippen LogP contribution in [0.5, 0.6) is 0 Å². The Morgan fingerprint density at radius 2 is 2.20 bits per heavy atom. The van der Waals surface area contributed by atoms with Gasteiger partial charge in [-0.25, -0.2) is 0 Å². The molecular weight excluding hydrogens is 258 g/mol. The number of aromatic nitrogens is 2. The number of fused-ring (bicyclic) bond motifs is 1. The minimum absolute atomic E-state index is 0.0154. The van der Waals surface area contributed by atoms with Crippen LogP contribution in [0.2, 0.25) is 0 Å². The molecule has 7 nitrogen and oxygen atoms in total. The van der Waals surface area contributed by atoms with Crippen molar-refractivity contribution in [3.63, 3.8) is 0 Å². The number of aromatic amines is 1. The van der Waals surface area contributed by atoms with E-state index in [1.165, 1.54) is 0 Å². The molecule has 2 heterocycles. The molecule has 20 heavy (non-hydrogen) atoms. The number of ether oxygens (including phenoxy) is 1. The Bertz CT molecular complexity index is 526. The van der Waals surface area contributed by atoms with Gasteiger partial charge >= 0.3 is 0 Å². The summed E-state index contributed by atoms with van der Waals surface area (Å²) in [5.41, 5.74) is 5.42. The highest BCUT2D eigenvalue weighted by atomic mass is 16.5. The average molecular weight is 281 g/mol. The first kappa shape index (κ1) is 14.6. The Morgan fingerprint density at radius 3 is 2.90 bits per heavy atom. The number of nitrogens with one attached hydrogen (secondary N) is 3. The summed E-state index contributed by atoms with van der Waals surface area (Å²) >= 11 is 0. The quantitative estimate of drug-likeness (QED) is 0.603. The second-order valence-electron chi connectivity index (χ2n) is 5.65. The number of nitrogen functional groups attached to an aromatic ring is 1. The Hall–Kier alpha value is -1.76. The zero-order chi connectivity index (χ0) is 14.8. The van der Waals surface area contributed by atoms with Crippen molar-refractivity contribution in [2.24, 2.45) is 0 Å². The average Bonchev–Trinajstić information content (AvgIpc) is 2.34. The van der Waals surface area contributed by atoms with Crippen molar-refractivity contribution in [2.75, 3.05) is 29.6 Å². The van der Waals surface area contributed by atoms with Crippen LogP contribution in [0.15, 0.2) is 4.79 Å². The molecule has 0 radical (unpaired) electrons. The topological polar surface area (TPSA) is 105 Å². The second kappa shape index (κ2) is 5.70. The van der Waals surface area contributed by atoms with E-state index < -0.39 is 0 Å². The molecule has 2 rings (SSSR count). The van der Waals surface area contributed by atoms with Gasteiger partial charge in [0.15, 0.2) is 5.82 Å². The molecule has 0 spiro atoms. The Balaban J connectivity index is 2.14. The van der Waals surface area contributed by atoms with Crippen molar-refractivity contribution < 1.29 is 4.74 Å². The molecule has 0 saturated carbocycles. The van der Waals surface area contributed by atoms with Gasteiger partial charge in [0.2, 0.25) is 5.95 Å². The smallest absolute Gasteiger partial charge is 0.277 e. The van der Waals surface area contributed by atoms with Crippen molar-refractivity contribution in [1.82, 2.24) is 9.97 Å². The number of nitrogens with two attached hydrogens (primary N) is 1. The van der Waals surface area contributed by atoms with Crippen LogP contribution in [0.1, 0.15) is 33.6 Å². The first-order valence-electron chi connectivity index (χ1n) is 6.96. The maximum atomic E-state index is 11.9. The number of H-pyrrole nitrogens is 1. The van der Waals surface area contributed by atoms with E-state index in [-0.39, 0.29) is 23.1 Å². The molecule has 1 aromatic rings. The maximum absolute atomic E-state index is 11.9. The van der Waals surface area contributed by atoms with Crippen LogP contribution in [0.4, 0.5) is 17.5 Å². The van der Waals surface area contributed by atoms with E-state index in [9.17, 15) is 4.79 Å². The van der Waals surface area contributed by atoms with E-state index in [1.807, 2.05) is 13.8 Å². The van der Waals surface area contributed by atoms with E-state index in [2.05, 4.69) is 27.5 Å². The molecule has 7 heteroatoms. The molecule has 1 aromatic heterocycles. The fraction of sp³-hybridized carbons (Fsp3) is 0.692. The van der Waals surface area contributed by atoms with Gasteiger partial charge in [0.1, 0.15) is 5.69 Å². The van der Waals surface area contributed by atoms with Gasteiger partial charge in [0.25, 0.3) is 5.56 Å². The summed E-state index contributed by atoms with van der Waals surface area (Å²) in [5, 5.41) is 6.47. The molecular formula is C13H23N5O2. The molecule has 1 aliphatic rings. The van der Waals surface area contributed by atoms with Crippen molar-refractivity contribution >= 4 is 17.5 Å². The number of hydrogen-bond acceptors (Lipinski definition) is 6. The van der Waals surface area contributed by atoms with E-state index in [1.54, 1.807) is 0 Å². The van der Waals surface area contributed by atoms with Gasteiger partial charge in [-0.05, 0) is 20.3 Å². The highest BCUT2D eigenvalue weighted by molar-refractivity contribution is 5.69. The zero-order valence-corrected chi connectivity index (χ0v) is 12.2. The van der Waals surface area contributed by atoms with Crippen LogP contribution in [-0.4, -0.2) is 34.8 Å². The van der Waals surface area contributed by atoms with Crippen molar-refractivity contribution in [1.29, 1.82) is 0 Å². The van der Waals surface area contributed by atoms with Crippen molar-refractivity contribution in [3.05, 3.63) is 10.4 Å². The van der Waals surface area contributed by atoms with E-state index in [0.29, 0.717) is 18.1 Å². The molecule has 0 aliphatic carbocycles. The predicted octanol–water partition coefficient (Wildman–Crippen LogP) is 1.15. The molecule has 1 aliphatic heterocycles. The first-order valence-corrected chi connectivity index (χ1v) is 6.96. The molecule has 0 fully saturated rings. The number of anilines is 3. The second-order valence-corrected chi connectivity index (χ2v) is 5.65. The number of nitrogens with zero attached hydrogens (tertiary/aromatic N) is 1. The molecule has 1 atom stereocenters. The molecule has 0 bridgehead atoms. The molecule has 5 N–H and O–H groups in total. The van der Waals surface area contributed by atoms with Crippen LogP contribution in [-0.2, 0) is 4.74 Å². The SMILES string of the molecule is CCCCOCC1Nc2c(nc(N)[nH]c2=O)NC1(C)C. The van der Waals surface area contributed by atoms with Gasteiger partial charge in [0.05, 0.1) is 18.2 Å². The summed E-state index contributed by atoms with van der Waals surface area (Å²) in [6, 6.07) is -0.0154. The Kier molecular flexibility index (Phi) is 4.17. The fourth-order valence-corrected chi connectivity index (χ4v) is 2.16. The molecule has 1 unspecified atom stereocenters. The number of unbranched alkanes of at least 4 members (excludes halogenated alkanes) is 1.